The first kappa shape index (κ1) is 25.1. The predicted octanol–water partition coefficient (Wildman–Crippen LogP) is 1.98. The SMILES string of the molecule is CCCN(CC(=O)NCC(C)(C)N1CCOCC1)CC(=O)Nc1ccc(F)c(F)c1F. The van der Waals surface area contributed by atoms with Crippen LogP contribution < -0.4 is 10.6 Å². The molecule has 1 saturated heterocycles. The van der Waals surface area contributed by atoms with Gasteiger partial charge in [-0.1, -0.05) is 6.92 Å². The third-order valence-corrected chi connectivity index (χ3v) is 5.17. The number of carbonyl (C=O) groups is 2. The highest BCUT2D eigenvalue weighted by Crippen LogP contribution is 2.19. The molecule has 0 aromatic heterocycles. The number of anilines is 1. The van der Waals surface area contributed by atoms with Gasteiger partial charge >= 0.3 is 0 Å². The van der Waals surface area contributed by atoms with E-state index in [9.17, 15) is 22.8 Å². The van der Waals surface area contributed by atoms with Crippen molar-refractivity contribution in [2.24, 2.45) is 0 Å². The average Bonchev–Trinajstić information content (AvgIpc) is 2.73. The van der Waals surface area contributed by atoms with Crippen molar-refractivity contribution in [1.82, 2.24) is 15.1 Å². The van der Waals surface area contributed by atoms with Crippen molar-refractivity contribution >= 4 is 17.5 Å². The van der Waals surface area contributed by atoms with Crippen molar-refractivity contribution in [3.8, 4) is 0 Å². The second-order valence-electron chi connectivity index (χ2n) is 8.17. The summed E-state index contributed by atoms with van der Waals surface area (Å²) in [7, 11) is 0. The largest absolute Gasteiger partial charge is 0.379 e. The van der Waals surface area contributed by atoms with E-state index in [1.165, 1.54) is 0 Å². The van der Waals surface area contributed by atoms with Crippen LogP contribution in [0.25, 0.3) is 0 Å². The van der Waals surface area contributed by atoms with E-state index in [1.807, 2.05) is 20.8 Å². The van der Waals surface area contributed by atoms with Gasteiger partial charge in [-0.05, 0) is 38.9 Å². The number of hydrogen-bond donors (Lipinski definition) is 2. The van der Waals surface area contributed by atoms with Gasteiger partial charge in [-0.25, -0.2) is 13.2 Å². The van der Waals surface area contributed by atoms with Gasteiger partial charge in [-0.2, -0.15) is 0 Å². The van der Waals surface area contributed by atoms with Crippen LogP contribution in [0.4, 0.5) is 18.9 Å². The number of amides is 2. The van der Waals surface area contributed by atoms with Crippen molar-refractivity contribution < 1.29 is 27.5 Å². The van der Waals surface area contributed by atoms with Crippen LogP contribution in [0.5, 0.6) is 0 Å². The Morgan fingerprint density at radius 2 is 1.74 bits per heavy atom. The maximum Gasteiger partial charge on any atom is 0.238 e. The van der Waals surface area contributed by atoms with Gasteiger partial charge in [0.05, 0.1) is 32.0 Å². The van der Waals surface area contributed by atoms with Crippen molar-refractivity contribution in [3.63, 3.8) is 0 Å². The van der Waals surface area contributed by atoms with Crippen LogP contribution in [0.1, 0.15) is 27.2 Å². The number of morpholine rings is 1. The first-order chi connectivity index (χ1) is 14.6. The molecule has 2 amide bonds. The van der Waals surface area contributed by atoms with Gasteiger partial charge in [0.1, 0.15) is 0 Å². The molecule has 1 fully saturated rings. The Labute approximate surface area is 180 Å². The molecule has 2 rings (SSSR count). The number of benzene rings is 1. The first-order valence-electron chi connectivity index (χ1n) is 10.4. The van der Waals surface area contributed by atoms with Crippen molar-refractivity contribution in [3.05, 3.63) is 29.6 Å². The fourth-order valence-electron chi connectivity index (χ4n) is 3.40. The van der Waals surface area contributed by atoms with Gasteiger partial charge in [-0.15, -0.1) is 0 Å². The smallest absolute Gasteiger partial charge is 0.238 e. The molecule has 10 heteroatoms. The summed E-state index contributed by atoms with van der Waals surface area (Å²) in [4.78, 5) is 28.6. The zero-order chi connectivity index (χ0) is 23.0. The van der Waals surface area contributed by atoms with Gasteiger partial charge < -0.3 is 15.4 Å². The van der Waals surface area contributed by atoms with E-state index < -0.39 is 29.0 Å². The molecular formula is C21H31F3N4O3. The Hall–Kier alpha value is -2.17. The Morgan fingerprint density at radius 3 is 2.39 bits per heavy atom. The predicted molar refractivity (Wildman–Crippen MR) is 111 cm³/mol. The molecule has 1 aliphatic heterocycles. The van der Waals surface area contributed by atoms with Crippen LogP contribution in [0.15, 0.2) is 12.1 Å². The summed E-state index contributed by atoms with van der Waals surface area (Å²) in [6.07, 6.45) is 0.694. The average molecular weight is 444 g/mol. The molecule has 0 atom stereocenters. The molecule has 174 valence electrons. The van der Waals surface area contributed by atoms with Crippen LogP contribution in [-0.4, -0.2) is 79.6 Å². The number of nitrogens with zero attached hydrogens (tertiary/aromatic N) is 2. The number of ether oxygens (including phenoxy) is 1. The minimum atomic E-state index is -1.65. The molecule has 0 spiro atoms. The van der Waals surface area contributed by atoms with Gasteiger partial charge in [0.2, 0.25) is 11.8 Å². The normalized spacial score (nSPS) is 15.2. The number of rotatable bonds is 10. The lowest BCUT2D eigenvalue weighted by atomic mass is 10.0. The molecule has 1 aromatic carbocycles. The molecule has 2 N–H and O–H groups in total. The van der Waals surface area contributed by atoms with Crippen LogP contribution in [0.3, 0.4) is 0 Å². The lowest BCUT2D eigenvalue weighted by Gasteiger charge is -2.41. The summed E-state index contributed by atoms with van der Waals surface area (Å²) in [6, 6.07) is 1.69. The molecular weight excluding hydrogens is 413 g/mol. The molecule has 1 aromatic rings. The second-order valence-corrected chi connectivity index (χ2v) is 8.17. The minimum absolute atomic E-state index is 0.0132. The summed E-state index contributed by atoms with van der Waals surface area (Å²) in [5, 5.41) is 5.14. The summed E-state index contributed by atoms with van der Waals surface area (Å²) in [6.45, 7) is 9.62. The highest BCUT2D eigenvalue weighted by molar-refractivity contribution is 5.92. The van der Waals surface area contributed by atoms with E-state index in [4.69, 9.17) is 4.74 Å². The van der Waals surface area contributed by atoms with Crippen molar-refractivity contribution in [1.29, 1.82) is 0 Å². The highest BCUT2D eigenvalue weighted by Gasteiger charge is 2.29. The lowest BCUT2D eigenvalue weighted by molar-refractivity contribution is -0.124. The van der Waals surface area contributed by atoms with Gasteiger partial charge in [-0.3, -0.25) is 19.4 Å². The monoisotopic (exact) mass is 444 g/mol. The Morgan fingerprint density at radius 1 is 1.10 bits per heavy atom. The van der Waals surface area contributed by atoms with Gasteiger partial charge in [0.15, 0.2) is 17.5 Å². The molecule has 1 aliphatic rings. The third kappa shape index (κ3) is 7.48. The van der Waals surface area contributed by atoms with E-state index >= 15 is 0 Å². The molecule has 31 heavy (non-hydrogen) atoms. The van der Waals surface area contributed by atoms with Crippen molar-refractivity contribution in [2.75, 3.05) is 57.8 Å². The number of carbonyl (C=O) groups excluding carboxylic acids is 2. The first-order valence-corrected chi connectivity index (χ1v) is 10.4. The fraction of sp³-hybridized carbons (Fsp3) is 0.619. The third-order valence-electron chi connectivity index (χ3n) is 5.17. The number of halogens is 3. The minimum Gasteiger partial charge on any atom is -0.379 e. The summed E-state index contributed by atoms with van der Waals surface area (Å²) >= 11 is 0. The Kier molecular flexibility index (Phi) is 9.27. The van der Waals surface area contributed by atoms with E-state index in [0.717, 1.165) is 25.2 Å². The van der Waals surface area contributed by atoms with Crippen LogP contribution in [0.2, 0.25) is 0 Å². The van der Waals surface area contributed by atoms with E-state index in [0.29, 0.717) is 32.7 Å². The molecule has 0 unspecified atom stereocenters. The quantitative estimate of drug-likeness (QED) is 0.540. The molecule has 0 radical (unpaired) electrons. The Bertz CT molecular complexity index is 770. The standard InChI is InChI=1S/C21H31F3N4O3/c1-4-7-27(13-18(30)26-16-6-5-15(22)19(23)20(16)24)12-17(29)25-14-21(2,3)28-8-10-31-11-9-28/h5-6H,4,7-14H2,1-3H3,(H,25,29)(H,26,30). The van der Waals surface area contributed by atoms with E-state index in [-0.39, 0.29) is 24.5 Å². The van der Waals surface area contributed by atoms with Crippen LogP contribution in [0, 0.1) is 17.5 Å². The van der Waals surface area contributed by atoms with Crippen LogP contribution >= 0.6 is 0 Å². The van der Waals surface area contributed by atoms with E-state index in [1.54, 1.807) is 4.90 Å². The van der Waals surface area contributed by atoms with Crippen molar-refractivity contribution in [2.45, 2.75) is 32.7 Å². The summed E-state index contributed by atoms with van der Waals surface area (Å²) in [5.74, 6) is -5.30. The second kappa shape index (κ2) is 11.4. The zero-order valence-corrected chi connectivity index (χ0v) is 18.3. The van der Waals surface area contributed by atoms with Crippen LogP contribution in [-0.2, 0) is 14.3 Å². The number of hydrogen-bond acceptors (Lipinski definition) is 5. The highest BCUT2D eigenvalue weighted by atomic mass is 19.2. The van der Waals surface area contributed by atoms with Gasteiger partial charge in [0.25, 0.3) is 0 Å². The molecule has 0 bridgehead atoms. The topological polar surface area (TPSA) is 73.9 Å². The molecule has 0 saturated carbocycles. The maximum atomic E-state index is 13.8. The molecule has 1 heterocycles. The fourth-order valence-corrected chi connectivity index (χ4v) is 3.40. The lowest BCUT2D eigenvalue weighted by Crippen LogP contribution is -2.56. The summed E-state index contributed by atoms with van der Waals surface area (Å²) < 4.78 is 45.5. The molecule has 0 aliphatic carbocycles. The molecule has 7 nitrogen and oxygen atoms in total. The van der Waals surface area contributed by atoms with Gasteiger partial charge in [0, 0.05) is 25.2 Å². The maximum absolute atomic E-state index is 13.8. The summed E-state index contributed by atoms with van der Waals surface area (Å²) in [5.41, 5.74) is -0.687. The number of nitrogens with one attached hydrogen (secondary N) is 2. The Balaban J connectivity index is 1.87. The zero-order valence-electron chi connectivity index (χ0n) is 18.3. The van der Waals surface area contributed by atoms with E-state index in [2.05, 4.69) is 15.5 Å².